The summed E-state index contributed by atoms with van der Waals surface area (Å²) in [6.45, 7) is 11.1. The maximum atomic E-state index is 12.6. The van der Waals surface area contributed by atoms with E-state index in [0.29, 0.717) is 11.4 Å². The van der Waals surface area contributed by atoms with E-state index in [4.69, 9.17) is 0 Å². The molecule has 4 nitrogen and oxygen atoms in total. The third-order valence-corrected chi connectivity index (χ3v) is 6.01. The predicted octanol–water partition coefficient (Wildman–Crippen LogP) is 2.46. The zero-order valence-corrected chi connectivity index (χ0v) is 15.1. The van der Waals surface area contributed by atoms with Crippen LogP contribution in [0.3, 0.4) is 0 Å². The molecule has 0 heterocycles. The molecule has 0 amide bonds. The molecule has 0 saturated carbocycles. The Kier molecular flexibility index (Phi) is 5.96. The second kappa shape index (κ2) is 6.90. The molecule has 0 aromatic heterocycles. The Morgan fingerprint density at radius 1 is 0.857 bits per heavy atom. The number of sulfonamides is 1. The summed E-state index contributed by atoms with van der Waals surface area (Å²) >= 11 is 0. The lowest BCUT2D eigenvalue weighted by Gasteiger charge is -2.19. The average Bonchev–Trinajstić information content (AvgIpc) is 2.39. The van der Waals surface area contributed by atoms with Crippen LogP contribution in [0.4, 0.5) is 0 Å². The average molecular weight is 312 g/mol. The van der Waals surface area contributed by atoms with Crippen LogP contribution in [0.5, 0.6) is 0 Å². The smallest absolute Gasteiger partial charge is 0.241 e. The monoisotopic (exact) mass is 312 g/mol. The molecule has 0 radical (unpaired) electrons. The van der Waals surface area contributed by atoms with Crippen LogP contribution < -0.4 is 4.72 Å². The fourth-order valence-corrected chi connectivity index (χ4v) is 4.21. The maximum absolute atomic E-state index is 12.6. The van der Waals surface area contributed by atoms with E-state index in [9.17, 15) is 8.42 Å². The second-order valence-electron chi connectivity index (χ2n) is 6.01. The van der Waals surface area contributed by atoms with E-state index in [1.54, 1.807) is 0 Å². The molecule has 1 aromatic rings. The summed E-state index contributed by atoms with van der Waals surface area (Å²) in [5.41, 5.74) is 5.02. The van der Waals surface area contributed by atoms with Crippen molar-refractivity contribution in [2.45, 2.75) is 45.9 Å². The Bertz CT molecular complexity index is 591. The SMILES string of the molecule is Cc1c(C)c(C)c(S(=O)(=O)NCCCN(C)C)c(C)c1C. The highest BCUT2D eigenvalue weighted by atomic mass is 32.2. The Balaban J connectivity index is 3.10. The van der Waals surface area contributed by atoms with Gasteiger partial charge in [-0.25, -0.2) is 13.1 Å². The molecule has 0 saturated heterocycles. The third kappa shape index (κ3) is 4.05. The van der Waals surface area contributed by atoms with E-state index in [1.165, 1.54) is 5.56 Å². The van der Waals surface area contributed by atoms with Gasteiger partial charge >= 0.3 is 0 Å². The van der Waals surface area contributed by atoms with Gasteiger partial charge in [-0.15, -0.1) is 0 Å². The van der Waals surface area contributed by atoms with Gasteiger partial charge in [-0.05, 0) is 89.5 Å². The molecule has 1 rings (SSSR count). The predicted molar refractivity (Wildman–Crippen MR) is 88.5 cm³/mol. The Morgan fingerprint density at radius 2 is 1.29 bits per heavy atom. The van der Waals surface area contributed by atoms with E-state index in [2.05, 4.69) is 4.72 Å². The molecule has 0 atom stereocenters. The van der Waals surface area contributed by atoms with Crippen LogP contribution in [0.1, 0.15) is 34.2 Å². The van der Waals surface area contributed by atoms with Crippen molar-refractivity contribution in [2.75, 3.05) is 27.2 Å². The lowest BCUT2D eigenvalue weighted by molar-refractivity contribution is 0.400. The Hall–Kier alpha value is -0.910. The molecular formula is C16H28N2O2S. The van der Waals surface area contributed by atoms with Crippen LogP contribution in [0, 0.1) is 34.6 Å². The quantitative estimate of drug-likeness (QED) is 0.821. The summed E-state index contributed by atoms with van der Waals surface area (Å²) in [6, 6.07) is 0. The number of nitrogens with one attached hydrogen (secondary N) is 1. The molecule has 0 unspecified atom stereocenters. The van der Waals surface area contributed by atoms with Gasteiger partial charge in [-0.1, -0.05) is 0 Å². The number of nitrogens with zero attached hydrogens (tertiary/aromatic N) is 1. The van der Waals surface area contributed by atoms with Crippen molar-refractivity contribution in [1.82, 2.24) is 9.62 Å². The lowest BCUT2D eigenvalue weighted by atomic mass is 9.95. The molecule has 0 fully saturated rings. The lowest BCUT2D eigenvalue weighted by Crippen LogP contribution is -2.29. The minimum atomic E-state index is -3.45. The first kappa shape index (κ1) is 18.1. The van der Waals surface area contributed by atoms with Gasteiger partial charge in [0.15, 0.2) is 0 Å². The highest BCUT2D eigenvalue weighted by Gasteiger charge is 2.23. The Labute approximate surface area is 129 Å². The summed E-state index contributed by atoms with van der Waals surface area (Å²) in [4.78, 5) is 2.50. The summed E-state index contributed by atoms with van der Waals surface area (Å²) in [5.74, 6) is 0. The van der Waals surface area contributed by atoms with Crippen molar-refractivity contribution in [3.8, 4) is 0 Å². The zero-order valence-electron chi connectivity index (χ0n) is 14.3. The van der Waals surface area contributed by atoms with E-state index in [0.717, 1.165) is 35.2 Å². The molecule has 5 heteroatoms. The van der Waals surface area contributed by atoms with Gasteiger partial charge in [0.2, 0.25) is 10.0 Å². The summed E-state index contributed by atoms with van der Waals surface area (Å²) in [7, 11) is 0.513. The van der Waals surface area contributed by atoms with Gasteiger partial charge in [0, 0.05) is 6.54 Å². The van der Waals surface area contributed by atoms with Gasteiger partial charge in [-0.3, -0.25) is 0 Å². The van der Waals surface area contributed by atoms with Crippen LogP contribution in [0.25, 0.3) is 0 Å². The topological polar surface area (TPSA) is 49.4 Å². The van der Waals surface area contributed by atoms with Crippen molar-refractivity contribution in [2.24, 2.45) is 0 Å². The fourth-order valence-electron chi connectivity index (χ4n) is 2.54. The van der Waals surface area contributed by atoms with Gasteiger partial charge in [-0.2, -0.15) is 0 Å². The summed E-state index contributed by atoms with van der Waals surface area (Å²) < 4.78 is 28.0. The molecule has 1 aromatic carbocycles. The fraction of sp³-hybridized carbons (Fsp3) is 0.625. The van der Waals surface area contributed by atoms with E-state index >= 15 is 0 Å². The molecule has 0 spiro atoms. The zero-order chi connectivity index (χ0) is 16.4. The largest absolute Gasteiger partial charge is 0.309 e. The number of benzene rings is 1. The summed E-state index contributed by atoms with van der Waals surface area (Å²) in [6.07, 6.45) is 0.800. The van der Waals surface area contributed by atoms with Gasteiger partial charge in [0.1, 0.15) is 0 Å². The minimum absolute atomic E-state index is 0.452. The standard InChI is InChI=1S/C16H28N2O2S/c1-11-12(2)14(4)16(15(5)13(11)3)21(19,20)17-9-8-10-18(6)7/h17H,8-10H2,1-7H3. The Morgan fingerprint density at radius 3 is 1.71 bits per heavy atom. The van der Waals surface area contributed by atoms with Crippen LogP contribution in [-0.2, 0) is 10.0 Å². The van der Waals surface area contributed by atoms with Crippen LogP contribution >= 0.6 is 0 Å². The second-order valence-corrected chi connectivity index (χ2v) is 7.71. The number of hydrogen-bond acceptors (Lipinski definition) is 3. The highest BCUT2D eigenvalue weighted by Crippen LogP contribution is 2.29. The van der Waals surface area contributed by atoms with Crippen molar-refractivity contribution in [3.05, 3.63) is 27.8 Å². The molecular weight excluding hydrogens is 284 g/mol. The molecule has 120 valence electrons. The molecule has 0 bridgehead atoms. The maximum Gasteiger partial charge on any atom is 0.241 e. The van der Waals surface area contributed by atoms with Gasteiger partial charge in [0.05, 0.1) is 4.90 Å². The van der Waals surface area contributed by atoms with Crippen LogP contribution in [0.15, 0.2) is 4.90 Å². The first-order valence-electron chi connectivity index (χ1n) is 7.31. The molecule has 0 aliphatic heterocycles. The first-order valence-corrected chi connectivity index (χ1v) is 8.79. The van der Waals surface area contributed by atoms with Crippen molar-refractivity contribution in [1.29, 1.82) is 0 Å². The van der Waals surface area contributed by atoms with Gasteiger partial charge in [0.25, 0.3) is 0 Å². The number of rotatable bonds is 6. The van der Waals surface area contributed by atoms with Crippen molar-refractivity contribution < 1.29 is 8.42 Å². The van der Waals surface area contributed by atoms with Crippen molar-refractivity contribution >= 4 is 10.0 Å². The molecule has 1 N–H and O–H groups in total. The minimum Gasteiger partial charge on any atom is -0.309 e. The van der Waals surface area contributed by atoms with E-state index in [1.807, 2.05) is 53.6 Å². The normalized spacial score (nSPS) is 12.2. The molecule has 0 aliphatic rings. The third-order valence-electron chi connectivity index (χ3n) is 4.27. The van der Waals surface area contributed by atoms with Crippen molar-refractivity contribution in [3.63, 3.8) is 0 Å². The van der Waals surface area contributed by atoms with Crippen LogP contribution in [0.2, 0.25) is 0 Å². The molecule has 0 aliphatic carbocycles. The van der Waals surface area contributed by atoms with Gasteiger partial charge < -0.3 is 4.90 Å². The number of hydrogen-bond donors (Lipinski definition) is 1. The van der Waals surface area contributed by atoms with E-state index < -0.39 is 10.0 Å². The summed E-state index contributed by atoms with van der Waals surface area (Å²) in [5, 5.41) is 0. The first-order chi connectivity index (χ1) is 9.59. The van der Waals surface area contributed by atoms with E-state index in [-0.39, 0.29) is 0 Å². The molecule has 21 heavy (non-hydrogen) atoms. The highest BCUT2D eigenvalue weighted by molar-refractivity contribution is 7.89. The van der Waals surface area contributed by atoms with Crippen LogP contribution in [-0.4, -0.2) is 40.5 Å².